The number of hydrogen-bond donors (Lipinski definition) is 2. The summed E-state index contributed by atoms with van der Waals surface area (Å²) in [5.41, 5.74) is 2.21. The third kappa shape index (κ3) is 4.28. The molecule has 2 aromatic carbocycles. The number of hydrogen-bond acceptors (Lipinski definition) is 5. The average molecular weight is 441 g/mol. The standard InChI is InChI=1S/C22H25BrN4O/c23-17-7-5-6-16(14-17)11-12-24-21-19-9-1-2-10-20(19)25-22(26-21)27-13-4-3-8-18(27)15-28/h1-2,5-7,9-10,14,18,28H,3-4,8,11-13,15H2,(H,24,25,26). The smallest absolute Gasteiger partial charge is 0.228 e. The summed E-state index contributed by atoms with van der Waals surface area (Å²) in [6, 6.07) is 16.6. The maximum Gasteiger partial charge on any atom is 0.228 e. The van der Waals surface area contributed by atoms with Crippen molar-refractivity contribution >= 4 is 38.6 Å². The van der Waals surface area contributed by atoms with Crippen LogP contribution in [0.5, 0.6) is 0 Å². The summed E-state index contributed by atoms with van der Waals surface area (Å²) in [4.78, 5) is 11.8. The number of fused-ring (bicyclic) bond motifs is 1. The van der Waals surface area contributed by atoms with E-state index in [1.807, 2.05) is 24.3 Å². The predicted molar refractivity (Wildman–Crippen MR) is 118 cm³/mol. The fraction of sp³-hybridized carbons (Fsp3) is 0.364. The molecular weight excluding hydrogens is 416 g/mol. The number of halogens is 1. The number of aromatic nitrogens is 2. The number of nitrogens with zero attached hydrogens (tertiary/aromatic N) is 3. The van der Waals surface area contributed by atoms with Crippen molar-refractivity contribution in [3.05, 3.63) is 58.6 Å². The molecule has 0 radical (unpaired) electrons. The van der Waals surface area contributed by atoms with E-state index in [0.29, 0.717) is 5.95 Å². The van der Waals surface area contributed by atoms with Gasteiger partial charge in [-0.15, -0.1) is 0 Å². The minimum absolute atomic E-state index is 0.101. The van der Waals surface area contributed by atoms with E-state index < -0.39 is 0 Å². The summed E-state index contributed by atoms with van der Waals surface area (Å²) in [5, 5.41) is 14.3. The van der Waals surface area contributed by atoms with Crippen molar-refractivity contribution in [2.75, 3.05) is 29.9 Å². The van der Waals surface area contributed by atoms with Crippen molar-refractivity contribution in [1.82, 2.24) is 9.97 Å². The highest BCUT2D eigenvalue weighted by Gasteiger charge is 2.24. The molecule has 0 saturated carbocycles. The normalized spacial score (nSPS) is 17.1. The number of para-hydroxylation sites is 1. The Balaban J connectivity index is 1.59. The molecule has 146 valence electrons. The van der Waals surface area contributed by atoms with Crippen LogP contribution in [0.2, 0.25) is 0 Å². The second kappa shape index (κ2) is 8.88. The van der Waals surface area contributed by atoms with Crippen LogP contribution in [0.3, 0.4) is 0 Å². The van der Waals surface area contributed by atoms with Crippen LogP contribution in [0.25, 0.3) is 10.9 Å². The Morgan fingerprint density at radius 3 is 2.86 bits per heavy atom. The van der Waals surface area contributed by atoms with Gasteiger partial charge in [0, 0.05) is 22.9 Å². The van der Waals surface area contributed by atoms with Gasteiger partial charge in [-0.25, -0.2) is 4.98 Å². The number of anilines is 2. The number of piperidine rings is 1. The quantitative estimate of drug-likeness (QED) is 0.594. The third-order valence-electron chi connectivity index (χ3n) is 5.28. The van der Waals surface area contributed by atoms with Crippen LogP contribution in [0.15, 0.2) is 53.0 Å². The van der Waals surface area contributed by atoms with Gasteiger partial charge in [0.25, 0.3) is 0 Å². The highest BCUT2D eigenvalue weighted by molar-refractivity contribution is 9.10. The lowest BCUT2D eigenvalue weighted by atomic mass is 10.0. The Bertz CT molecular complexity index is 949. The van der Waals surface area contributed by atoms with Gasteiger partial charge in [0.2, 0.25) is 5.95 Å². The third-order valence-corrected chi connectivity index (χ3v) is 5.77. The average Bonchev–Trinajstić information content (AvgIpc) is 2.73. The molecule has 1 saturated heterocycles. The van der Waals surface area contributed by atoms with Gasteiger partial charge in [0.15, 0.2) is 0 Å². The number of aliphatic hydroxyl groups is 1. The maximum absolute atomic E-state index is 9.78. The Labute approximate surface area is 173 Å². The van der Waals surface area contributed by atoms with Crippen molar-refractivity contribution in [3.8, 4) is 0 Å². The molecule has 1 aromatic heterocycles. The first-order chi connectivity index (χ1) is 13.7. The Hall–Kier alpha value is -2.18. The van der Waals surface area contributed by atoms with Gasteiger partial charge in [-0.1, -0.05) is 40.2 Å². The van der Waals surface area contributed by atoms with Gasteiger partial charge in [-0.05, 0) is 55.5 Å². The predicted octanol–water partition coefficient (Wildman–Crippen LogP) is 4.40. The summed E-state index contributed by atoms with van der Waals surface area (Å²) in [6.45, 7) is 1.82. The zero-order chi connectivity index (χ0) is 19.3. The first kappa shape index (κ1) is 19.2. The molecule has 4 rings (SSSR count). The number of rotatable bonds is 6. The van der Waals surface area contributed by atoms with E-state index in [-0.39, 0.29) is 12.6 Å². The Morgan fingerprint density at radius 2 is 2.00 bits per heavy atom. The van der Waals surface area contributed by atoms with E-state index in [1.165, 1.54) is 5.56 Å². The maximum atomic E-state index is 9.78. The molecule has 0 amide bonds. The van der Waals surface area contributed by atoms with Crippen LogP contribution in [-0.4, -0.2) is 40.8 Å². The van der Waals surface area contributed by atoms with Crippen LogP contribution in [0.4, 0.5) is 11.8 Å². The summed E-state index contributed by atoms with van der Waals surface area (Å²) in [7, 11) is 0. The molecule has 5 nitrogen and oxygen atoms in total. The SMILES string of the molecule is OCC1CCCCN1c1nc(NCCc2cccc(Br)c2)c2ccccc2n1. The fourth-order valence-corrected chi connectivity index (χ4v) is 4.25. The lowest BCUT2D eigenvalue weighted by Gasteiger charge is -2.34. The van der Waals surface area contributed by atoms with Crippen LogP contribution in [0, 0.1) is 0 Å². The van der Waals surface area contributed by atoms with E-state index in [2.05, 4.69) is 50.4 Å². The zero-order valence-corrected chi connectivity index (χ0v) is 17.4. The van der Waals surface area contributed by atoms with E-state index in [4.69, 9.17) is 9.97 Å². The monoisotopic (exact) mass is 440 g/mol. The van der Waals surface area contributed by atoms with Crippen molar-refractivity contribution in [2.45, 2.75) is 31.7 Å². The Kier molecular flexibility index (Phi) is 6.07. The number of benzene rings is 2. The van der Waals surface area contributed by atoms with Crippen LogP contribution in [0.1, 0.15) is 24.8 Å². The highest BCUT2D eigenvalue weighted by atomic mass is 79.9. The van der Waals surface area contributed by atoms with E-state index in [9.17, 15) is 5.11 Å². The molecule has 2 heterocycles. The molecule has 1 atom stereocenters. The van der Waals surface area contributed by atoms with Crippen molar-refractivity contribution in [3.63, 3.8) is 0 Å². The molecular formula is C22H25BrN4O. The molecule has 2 N–H and O–H groups in total. The molecule has 3 aromatic rings. The highest BCUT2D eigenvalue weighted by Crippen LogP contribution is 2.27. The topological polar surface area (TPSA) is 61.3 Å². The second-order valence-electron chi connectivity index (χ2n) is 7.22. The van der Waals surface area contributed by atoms with Gasteiger partial charge >= 0.3 is 0 Å². The molecule has 28 heavy (non-hydrogen) atoms. The molecule has 0 spiro atoms. The van der Waals surface area contributed by atoms with Gasteiger partial charge in [0.1, 0.15) is 5.82 Å². The van der Waals surface area contributed by atoms with Gasteiger partial charge in [-0.2, -0.15) is 4.98 Å². The first-order valence-electron chi connectivity index (χ1n) is 9.87. The van der Waals surface area contributed by atoms with Crippen LogP contribution < -0.4 is 10.2 Å². The van der Waals surface area contributed by atoms with Crippen molar-refractivity contribution < 1.29 is 5.11 Å². The summed E-state index contributed by atoms with van der Waals surface area (Å²) in [6.07, 6.45) is 4.15. The first-order valence-corrected chi connectivity index (χ1v) is 10.7. The Morgan fingerprint density at radius 1 is 1.11 bits per heavy atom. The molecule has 0 aliphatic carbocycles. The molecule has 1 fully saturated rings. The van der Waals surface area contributed by atoms with Crippen molar-refractivity contribution in [2.24, 2.45) is 0 Å². The summed E-state index contributed by atoms with van der Waals surface area (Å²) in [5.74, 6) is 1.57. The van der Waals surface area contributed by atoms with E-state index >= 15 is 0 Å². The summed E-state index contributed by atoms with van der Waals surface area (Å²) < 4.78 is 1.10. The number of aliphatic hydroxyl groups excluding tert-OH is 1. The van der Waals surface area contributed by atoms with Crippen molar-refractivity contribution in [1.29, 1.82) is 0 Å². The molecule has 0 bridgehead atoms. The van der Waals surface area contributed by atoms with Gasteiger partial charge in [-0.3, -0.25) is 0 Å². The lowest BCUT2D eigenvalue weighted by Crippen LogP contribution is -2.43. The lowest BCUT2D eigenvalue weighted by molar-refractivity contribution is 0.239. The zero-order valence-electron chi connectivity index (χ0n) is 15.8. The second-order valence-corrected chi connectivity index (χ2v) is 8.14. The van der Waals surface area contributed by atoms with E-state index in [1.54, 1.807) is 0 Å². The van der Waals surface area contributed by atoms with Gasteiger partial charge < -0.3 is 15.3 Å². The summed E-state index contributed by atoms with van der Waals surface area (Å²) >= 11 is 3.53. The largest absolute Gasteiger partial charge is 0.394 e. The minimum Gasteiger partial charge on any atom is -0.394 e. The molecule has 1 aliphatic heterocycles. The minimum atomic E-state index is 0.101. The van der Waals surface area contributed by atoms with Crippen LogP contribution >= 0.6 is 15.9 Å². The van der Waals surface area contributed by atoms with E-state index in [0.717, 1.165) is 60.0 Å². The molecule has 1 aliphatic rings. The van der Waals surface area contributed by atoms with Crippen LogP contribution in [-0.2, 0) is 6.42 Å². The number of nitrogens with one attached hydrogen (secondary N) is 1. The molecule has 6 heteroatoms. The van der Waals surface area contributed by atoms with Gasteiger partial charge in [0.05, 0.1) is 18.2 Å². The fourth-order valence-electron chi connectivity index (χ4n) is 3.80. The molecule has 1 unspecified atom stereocenters.